The summed E-state index contributed by atoms with van der Waals surface area (Å²) in [6, 6.07) is 12.9. The van der Waals surface area contributed by atoms with Crippen LogP contribution >= 0.6 is 23.4 Å². The molecule has 1 amide bonds. The summed E-state index contributed by atoms with van der Waals surface area (Å²) < 4.78 is 20.9. The zero-order chi connectivity index (χ0) is 20.6. The molecule has 0 aliphatic carbocycles. The van der Waals surface area contributed by atoms with Gasteiger partial charge in [-0.15, -0.1) is 0 Å². The number of hydrogen-bond acceptors (Lipinski definition) is 4. The van der Waals surface area contributed by atoms with Crippen molar-refractivity contribution in [3.63, 3.8) is 0 Å². The van der Waals surface area contributed by atoms with E-state index in [0.717, 1.165) is 22.8 Å². The van der Waals surface area contributed by atoms with Crippen LogP contribution in [0.3, 0.4) is 0 Å². The van der Waals surface area contributed by atoms with Crippen molar-refractivity contribution < 1.29 is 13.9 Å². The molecule has 2 aromatic carbocycles. The molecule has 8 heteroatoms. The Balaban J connectivity index is 1.62. The highest BCUT2D eigenvalue weighted by Crippen LogP contribution is 2.36. The number of rotatable bonds is 5. The number of nitrogens with one attached hydrogen (secondary N) is 1. The fourth-order valence-corrected chi connectivity index (χ4v) is 4.17. The molecule has 5 nitrogen and oxygen atoms in total. The molecule has 0 atom stereocenters. The second kappa shape index (κ2) is 7.72. The molecule has 2 heterocycles. The van der Waals surface area contributed by atoms with Gasteiger partial charge in [0.25, 0.3) is 5.91 Å². The van der Waals surface area contributed by atoms with Crippen molar-refractivity contribution in [1.29, 1.82) is 0 Å². The first-order valence-electron chi connectivity index (χ1n) is 9.04. The van der Waals surface area contributed by atoms with Gasteiger partial charge in [0.2, 0.25) is 0 Å². The zero-order valence-corrected chi connectivity index (χ0v) is 17.5. The van der Waals surface area contributed by atoms with Gasteiger partial charge in [0.05, 0.1) is 11.4 Å². The maximum Gasteiger partial charge on any atom is 0.269 e. The van der Waals surface area contributed by atoms with Gasteiger partial charge in [-0.2, -0.15) is 16.9 Å². The molecule has 0 saturated heterocycles. The van der Waals surface area contributed by atoms with Crippen molar-refractivity contribution in [2.75, 3.05) is 5.32 Å². The average molecular weight is 432 g/mol. The summed E-state index contributed by atoms with van der Waals surface area (Å²) in [5.74, 6) is 2.03. The smallest absolute Gasteiger partial charge is 0.269 e. The van der Waals surface area contributed by atoms with Crippen molar-refractivity contribution in [3.8, 4) is 11.4 Å². The molecule has 0 saturated carbocycles. The second-order valence-electron chi connectivity index (χ2n) is 7.18. The van der Waals surface area contributed by atoms with Crippen molar-refractivity contribution in [3.05, 3.63) is 70.6 Å². The highest BCUT2D eigenvalue weighted by Gasteiger charge is 2.33. The monoisotopic (exact) mass is 431 g/mol. The molecule has 0 bridgehead atoms. The van der Waals surface area contributed by atoms with Crippen LogP contribution in [-0.4, -0.2) is 21.3 Å². The highest BCUT2D eigenvalue weighted by atomic mass is 35.5. The molecule has 29 heavy (non-hydrogen) atoms. The number of hydrogen-bond donors (Lipinski definition) is 1. The number of carbonyl (C=O) groups excluding carboxylic acids is 1. The van der Waals surface area contributed by atoms with Gasteiger partial charge in [0.1, 0.15) is 17.4 Å². The minimum atomic E-state index is -1.13. The maximum absolute atomic E-state index is 13.3. The van der Waals surface area contributed by atoms with Crippen molar-refractivity contribution in [1.82, 2.24) is 9.78 Å². The Morgan fingerprint density at radius 3 is 2.55 bits per heavy atom. The third-order valence-electron chi connectivity index (χ3n) is 4.59. The largest absolute Gasteiger partial charge is 0.478 e. The van der Waals surface area contributed by atoms with Gasteiger partial charge in [-0.05, 0) is 62.4 Å². The molecule has 4 rings (SSSR count). The van der Waals surface area contributed by atoms with E-state index in [-0.39, 0.29) is 11.7 Å². The number of carbonyl (C=O) groups is 1. The average Bonchev–Trinajstić information content (AvgIpc) is 3.27. The summed E-state index contributed by atoms with van der Waals surface area (Å²) in [5, 5.41) is 8.20. The van der Waals surface area contributed by atoms with Crippen LogP contribution < -0.4 is 10.1 Å². The van der Waals surface area contributed by atoms with E-state index >= 15 is 0 Å². The molecular formula is C21H19ClFN3O2S. The van der Waals surface area contributed by atoms with Crippen LogP contribution in [-0.2, 0) is 16.3 Å². The van der Waals surface area contributed by atoms with Gasteiger partial charge in [-0.1, -0.05) is 11.6 Å². The van der Waals surface area contributed by atoms with E-state index in [2.05, 4.69) is 10.4 Å². The van der Waals surface area contributed by atoms with Crippen molar-refractivity contribution in [2.45, 2.75) is 31.0 Å². The van der Waals surface area contributed by atoms with E-state index in [9.17, 15) is 9.18 Å². The van der Waals surface area contributed by atoms with Gasteiger partial charge in [0, 0.05) is 22.1 Å². The first-order chi connectivity index (χ1) is 13.8. The number of halogens is 2. The van der Waals surface area contributed by atoms with E-state index in [0.29, 0.717) is 22.3 Å². The van der Waals surface area contributed by atoms with Gasteiger partial charge in [0.15, 0.2) is 5.60 Å². The molecule has 1 aliphatic rings. The number of anilines is 1. The lowest BCUT2D eigenvalue weighted by molar-refractivity contribution is -0.128. The number of amides is 1. The summed E-state index contributed by atoms with van der Waals surface area (Å²) in [4.78, 5) is 13.1. The number of fused-ring (bicyclic) bond motifs is 1. The summed E-state index contributed by atoms with van der Waals surface area (Å²) >= 11 is 7.65. The van der Waals surface area contributed by atoms with Crippen LogP contribution in [0.25, 0.3) is 5.69 Å². The van der Waals surface area contributed by atoms with Gasteiger partial charge >= 0.3 is 0 Å². The first kappa shape index (κ1) is 19.8. The van der Waals surface area contributed by atoms with Crippen molar-refractivity contribution in [2.24, 2.45) is 0 Å². The predicted octanol–water partition coefficient (Wildman–Crippen LogP) is 5.21. The maximum atomic E-state index is 13.3. The third-order valence-corrected chi connectivity index (χ3v) is 5.81. The number of thioether (sulfide) groups is 1. The Morgan fingerprint density at radius 2 is 1.86 bits per heavy atom. The predicted molar refractivity (Wildman–Crippen MR) is 113 cm³/mol. The van der Waals surface area contributed by atoms with Gasteiger partial charge < -0.3 is 10.1 Å². The molecule has 1 N–H and O–H groups in total. The molecule has 1 aromatic heterocycles. The van der Waals surface area contributed by atoms with Crippen LogP contribution in [0.5, 0.6) is 5.75 Å². The Kier molecular flexibility index (Phi) is 5.27. The summed E-state index contributed by atoms with van der Waals surface area (Å²) in [5.41, 5.74) is 1.45. The Labute approximate surface area is 177 Å². The van der Waals surface area contributed by atoms with Crippen molar-refractivity contribution >= 4 is 35.1 Å². The lowest BCUT2D eigenvalue weighted by atomic mass is 10.1. The fourth-order valence-electron chi connectivity index (χ4n) is 3.01. The Morgan fingerprint density at radius 1 is 1.17 bits per heavy atom. The molecule has 0 fully saturated rings. The van der Waals surface area contributed by atoms with Crippen LogP contribution in [0.1, 0.15) is 25.1 Å². The minimum absolute atomic E-state index is 0.310. The Hall–Kier alpha value is -2.51. The molecule has 3 aromatic rings. The number of nitrogens with zero attached hydrogens (tertiary/aromatic N) is 2. The summed E-state index contributed by atoms with van der Waals surface area (Å²) in [6.45, 7) is 3.40. The highest BCUT2D eigenvalue weighted by molar-refractivity contribution is 7.98. The Bertz CT molecular complexity index is 1050. The lowest BCUT2D eigenvalue weighted by Gasteiger charge is -2.25. The van der Waals surface area contributed by atoms with Crippen LogP contribution in [0, 0.1) is 5.82 Å². The van der Waals surface area contributed by atoms with E-state index in [1.165, 1.54) is 12.1 Å². The van der Waals surface area contributed by atoms with Crippen LogP contribution in [0.4, 0.5) is 10.2 Å². The lowest BCUT2D eigenvalue weighted by Crippen LogP contribution is -2.43. The fraction of sp³-hybridized carbons (Fsp3) is 0.238. The van der Waals surface area contributed by atoms with E-state index in [1.54, 1.807) is 66.7 Å². The quantitative estimate of drug-likeness (QED) is 0.602. The van der Waals surface area contributed by atoms with E-state index in [1.807, 2.05) is 0 Å². The number of ether oxygens (including phenoxy) is 1. The molecule has 150 valence electrons. The topological polar surface area (TPSA) is 56.1 Å². The summed E-state index contributed by atoms with van der Waals surface area (Å²) in [7, 11) is 0. The molecule has 0 unspecified atom stereocenters. The van der Waals surface area contributed by atoms with Gasteiger partial charge in [-0.25, -0.2) is 9.07 Å². The standard InChI is InChI=1S/C21H19ClFN3O2S/c1-21(2,28-16-9-3-13(22)4-10-16)20(27)24-19-17-11-29-12-18(17)25-26(19)15-7-5-14(23)6-8-15/h3-10H,11-12H2,1-2H3,(H,24,27). The molecule has 0 spiro atoms. The minimum Gasteiger partial charge on any atom is -0.478 e. The molecular weight excluding hydrogens is 413 g/mol. The van der Waals surface area contributed by atoms with Crippen LogP contribution in [0.15, 0.2) is 48.5 Å². The summed E-state index contributed by atoms with van der Waals surface area (Å²) in [6.07, 6.45) is 0. The molecule has 1 aliphatic heterocycles. The van der Waals surface area contributed by atoms with Crippen LogP contribution in [0.2, 0.25) is 5.02 Å². The number of aromatic nitrogens is 2. The third kappa shape index (κ3) is 4.11. The second-order valence-corrected chi connectivity index (χ2v) is 8.60. The molecule has 0 radical (unpaired) electrons. The van der Waals surface area contributed by atoms with E-state index < -0.39 is 5.60 Å². The normalized spacial score (nSPS) is 13.2. The SMILES string of the molecule is CC(C)(Oc1ccc(Cl)cc1)C(=O)Nc1c2c(nn1-c1ccc(F)cc1)CSC2. The first-order valence-corrected chi connectivity index (χ1v) is 10.6. The van der Waals surface area contributed by atoms with Gasteiger partial charge in [-0.3, -0.25) is 4.79 Å². The zero-order valence-electron chi connectivity index (χ0n) is 15.9. The van der Waals surface area contributed by atoms with E-state index in [4.69, 9.17) is 16.3 Å². The number of benzene rings is 2.